The van der Waals surface area contributed by atoms with Crippen molar-refractivity contribution in [1.82, 2.24) is 9.78 Å². The van der Waals surface area contributed by atoms with Gasteiger partial charge in [-0.2, -0.15) is 5.10 Å². The van der Waals surface area contributed by atoms with Crippen molar-refractivity contribution >= 4 is 21.6 Å². The zero-order valence-corrected chi connectivity index (χ0v) is 12.2. The lowest BCUT2D eigenvalue weighted by molar-refractivity contribution is 0.265. The first-order valence-corrected chi connectivity index (χ1v) is 7.13. The van der Waals surface area contributed by atoms with Gasteiger partial charge >= 0.3 is 0 Å². The van der Waals surface area contributed by atoms with Crippen molar-refractivity contribution in [3.05, 3.63) is 21.0 Å². The molecule has 100 valence electrons. The summed E-state index contributed by atoms with van der Waals surface area (Å²) in [6.45, 7) is 3.34. The SMILES string of the molecule is CCCn1ncc(NCC2(N)CCC2)c(Br)c1=O. The number of rotatable bonds is 5. The summed E-state index contributed by atoms with van der Waals surface area (Å²) in [4.78, 5) is 12.0. The summed E-state index contributed by atoms with van der Waals surface area (Å²) < 4.78 is 2.01. The number of hydrogen-bond donors (Lipinski definition) is 2. The average molecular weight is 315 g/mol. The molecule has 5 nitrogen and oxygen atoms in total. The van der Waals surface area contributed by atoms with Crippen LogP contribution in [0.4, 0.5) is 5.69 Å². The first-order chi connectivity index (χ1) is 8.56. The Bertz CT molecular complexity index is 481. The number of anilines is 1. The van der Waals surface area contributed by atoms with Crippen molar-refractivity contribution in [2.75, 3.05) is 11.9 Å². The van der Waals surface area contributed by atoms with Gasteiger partial charge in [0.15, 0.2) is 0 Å². The highest BCUT2D eigenvalue weighted by atomic mass is 79.9. The predicted molar refractivity (Wildman–Crippen MR) is 75.7 cm³/mol. The van der Waals surface area contributed by atoms with Gasteiger partial charge in [0.1, 0.15) is 4.47 Å². The molecule has 1 saturated carbocycles. The van der Waals surface area contributed by atoms with E-state index in [4.69, 9.17) is 5.73 Å². The third-order valence-electron chi connectivity index (χ3n) is 3.40. The average Bonchev–Trinajstić information content (AvgIpc) is 2.32. The van der Waals surface area contributed by atoms with E-state index in [1.54, 1.807) is 6.20 Å². The molecule has 2 rings (SSSR count). The van der Waals surface area contributed by atoms with Crippen LogP contribution in [0.3, 0.4) is 0 Å². The zero-order valence-electron chi connectivity index (χ0n) is 10.6. The Morgan fingerprint density at radius 2 is 2.33 bits per heavy atom. The number of hydrogen-bond acceptors (Lipinski definition) is 4. The highest BCUT2D eigenvalue weighted by molar-refractivity contribution is 9.10. The molecule has 0 spiro atoms. The maximum atomic E-state index is 12.0. The van der Waals surface area contributed by atoms with Gasteiger partial charge in [0.25, 0.3) is 5.56 Å². The minimum atomic E-state index is -0.113. The highest BCUT2D eigenvalue weighted by Crippen LogP contribution is 2.29. The largest absolute Gasteiger partial charge is 0.381 e. The Morgan fingerprint density at radius 1 is 1.61 bits per heavy atom. The van der Waals surface area contributed by atoms with E-state index in [-0.39, 0.29) is 11.1 Å². The molecule has 0 aliphatic heterocycles. The van der Waals surface area contributed by atoms with Crippen molar-refractivity contribution in [3.63, 3.8) is 0 Å². The maximum absolute atomic E-state index is 12.0. The molecule has 1 heterocycles. The number of nitrogens with one attached hydrogen (secondary N) is 1. The molecule has 0 amide bonds. The monoisotopic (exact) mass is 314 g/mol. The lowest BCUT2D eigenvalue weighted by atomic mass is 9.78. The van der Waals surface area contributed by atoms with Gasteiger partial charge in [-0.1, -0.05) is 6.92 Å². The second-order valence-corrected chi connectivity index (χ2v) is 5.76. The third-order valence-corrected chi connectivity index (χ3v) is 4.17. The highest BCUT2D eigenvalue weighted by Gasteiger charge is 2.32. The molecular formula is C12H19BrN4O. The fraction of sp³-hybridized carbons (Fsp3) is 0.667. The van der Waals surface area contributed by atoms with Crippen LogP contribution in [0.25, 0.3) is 0 Å². The van der Waals surface area contributed by atoms with Crippen LogP contribution in [0, 0.1) is 0 Å². The van der Waals surface area contributed by atoms with E-state index >= 15 is 0 Å². The second-order valence-electron chi connectivity index (χ2n) is 4.97. The van der Waals surface area contributed by atoms with Gasteiger partial charge in [0.2, 0.25) is 0 Å². The molecule has 18 heavy (non-hydrogen) atoms. The molecule has 6 heteroatoms. The number of nitrogens with zero attached hydrogens (tertiary/aromatic N) is 2. The standard InChI is InChI=1S/C12H19BrN4O/c1-2-6-17-11(18)10(13)9(7-16-17)15-8-12(14)4-3-5-12/h7,15H,2-6,8,14H2,1H3. The molecular weight excluding hydrogens is 296 g/mol. The van der Waals surface area contributed by atoms with Crippen molar-refractivity contribution in [3.8, 4) is 0 Å². The van der Waals surface area contributed by atoms with Crippen LogP contribution in [0.5, 0.6) is 0 Å². The quantitative estimate of drug-likeness (QED) is 0.867. The topological polar surface area (TPSA) is 72.9 Å². The molecule has 1 aromatic rings. The lowest BCUT2D eigenvalue weighted by Gasteiger charge is -2.38. The Labute approximate surface area is 115 Å². The van der Waals surface area contributed by atoms with Crippen LogP contribution in [0.2, 0.25) is 0 Å². The molecule has 1 aliphatic rings. The van der Waals surface area contributed by atoms with Crippen LogP contribution in [-0.2, 0) is 6.54 Å². The van der Waals surface area contributed by atoms with Gasteiger partial charge in [-0.3, -0.25) is 4.79 Å². The van der Waals surface area contributed by atoms with Gasteiger partial charge < -0.3 is 11.1 Å². The van der Waals surface area contributed by atoms with Crippen molar-refractivity contribution in [1.29, 1.82) is 0 Å². The first kappa shape index (κ1) is 13.5. The molecule has 0 bridgehead atoms. The minimum absolute atomic E-state index is 0.0958. The van der Waals surface area contributed by atoms with Gasteiger partial charge in [0.05, 0.1) is 11.9 Å². The van der Waals surface area contributed by atoms with E-state index in [0.29, 0.717) is 17.6 Å². The Morgan fingerprint density at radius 3 is 2.89 bits per heavy atom. The Kier molecular flexibility index (Phi) is 4.07. The van der Waals surface area contributed by atoms with Crippen LogP contribution >= 0.6 is 15.9 Å². The lowest BCUT2D eigenvalue weighted by Crippen LogP contribution is -2.52. The smallest absolute Gasteiger partial charge is 0.283 e. The molecule has 1 aliphatic carbocycles. The number of aromatic nitrogens is 2. The van der Waals surface area contributed by atoms with E-state index < -0.39 is 0 Å². The van der Waals surface area contributed by atoms with E-state index in [1.165, 1.54) is 11.1 Å². The fourth-order valence-electron chi connectivity index (χ4n) is 2.04. The van der Waals surface area contributed by atoms with E-state index in [0.717, 1.165) is 24.9 Å². The normalized spacial score (nSPS) is 17.3. The summed E-state index contributed by atoms with van der Waals surface area (Å²) in [5.74, 6) is 0. The van der Waals surface area contributed by atoms with E-state index in [9.17, 15) is 4.79 Å². The third kappa shape index (κ3) is 2.75. The summed E-state index contributed by atoms with van der Waals surface area (Å²) in [6, 6.07) is 0. The predicted octanol–water partition coefficient (Wildman–Crippen LogP) is 1.71. The molecule has 3 N–H and O–H groups in total. The summed E-state index contributed by atoms with van der Waals surface area (Å²) in [5.41, 5.74) is 6.65. The maximum Gasteiger partial charge on any atom is 0.283 e. The number of aryl methyl sites for hydroxylation is 1. The Balaban J connectivity index is 2.09. The molecule has 0 atom stereocenters. The van der Waals surface area contributed by atoms with Crippen LogP contribution in [-0.4, -0.2) is 21.9 Å². The zero-order chi connectivity index (χ0) is 13.2. The van der Waals surface area contributed by atoms with Crippen molar-refractivity contribution in [2.24, 2.45) is 5.73 Å². The minimum Gasteiger partial charge on any atom is -0.381 e. The van der Waals surface area contributed by atoms with Crippen molar-refractivity contribution < 1.29 is 0 Å². The summed E-state index contributed by atoms with van der Waals surface area (Å²) in [5, 5.41) is 7.36. The number of halogens is 1. The van der Waals surface area contributed by atoms with Gasteiger partial charge in [-0.25, -0.2) is 4.68 Å². The van der Waals surface area contributed by atoms with Crippen LogP contribution < -0.4 is 16.6 Å². The number of nitrogens with two attached hydrogens (primary N) is 1. The van der Waals surface area contributed by atoms with Gasteiger partial charge in [0, 0.05) is 18.6 Å². The van der Waals surface area contributed by atoms with Crippen LogP contribution in [0.1, 0.15) is 32.6 Å². The van der Waals surface area contributed by atoms with Gasteiger partial charge in [-0.05, 0) is 41.6 Å². The van der Waals surface area contributed by atoms with Crippen LogP contribution in [0.15, 0.2) is 15.5 Å². The molecule has 0 unspecified atom stereocenters. The molecule has 0 radical (unpaired) electrons. The van der Waals surface area contributed by atoms with Crippen molar-refractivity contribution in [2.45, 2.75) is 44.7 Å². The molecule has 0 aromatic carbocycles. The fourth-order valence-corrected chi connectivity index (χ4v) is 2.49. The van der Waals surface area contributed by atoms with Gasteiger partial charge in [-0.15, -0.1) is 0 Å². The molecule has 1 aromatic heterocycles. The first-order valence-electron chi connectivity index (χ1n) is 6.34. The van der Waals surface area contributed by atoms with E-state index in [2.05, 4.69) is 26.3 Å². The summed E-state index contributed by atoms with van der Waals surface area (Å²) >= 11 is 3.33. The Hall–Kier alpha value is -0.880. The molecule has 1 fully saturated rings. The second kappa shape index (κ2) is 5.40. The van der Waals surface area contributed by atoms with E-state index in [1.807, 2.05) is 6.92 Å². The summed E-state index contributed by atoms with van der Waals surface area (Å²) in [6.07, 6.45) is 5.84. The summed E-state index contributed by atoms with van der Waals surface area (Å²) in [7, 11) is 0. The molecule has 0 saturated heterocycles.